The predicted molar refractivity (Wildman–Crippen MR) is 254 cm³/mol. The summed E-state index contributed by atoms with van der Waals surface area (Å²) in [5, 5.41) is 25.1. The van der Waals surface area contributed by atoms with Crippen LogP contribution in [-0.4, -0.2) is 9.13 Å². The Morgan fingerprint density at radius 2 is 0.875 bits per heavy atom. The highest BCUT2D eigenvalue weighted by Gasteiger charge is 2.35. The van der Waals surface area contributed by atoms with Gasteiger partial charge < -0.3 is 9.13 Å². The van der Waals surface area contributed by atoms with Crippen molar-refractivity contribution in [3.05, 3.63) is 190 Å². The van der Waals surface area contributed by atoms with E-state index >= 15 is 13.2 Å². The van der Waals surface area contributed by atoms with Crippen molar-refractivity contribution in [1.82, 2.24) is 9.13 Å². The van der Waals surface area contributed by atoms with Crippen LogP contribution in [0.15, 0.2) is 140 Å². The van der Waals surface area contributed by atoms with E-state index in [0.717, 1.165) is 94.2 Å². The van der Waals surface area contributed by atoms with Gasteiger partial charge >= 0.3 is 6.18 Å². The second-order valence-electron chi connectivity index (χ2n) is 17.1. The lowest BCUT2D eigenvalue weighted by atomic mass is 9.93. The number of fused-ring (bicyclic) bond motifs is 6. The first-order valence-corrected chi connectivity index (χ1v) is 21.2. The van der Waals surface area contributed by atoms with E-state index in [2.05, 4.69) is 108 Å². The first kappa shape index (κ1) is 40.2. The number of rotatable bonds is 5. The Balaban J connectivity index is 1.37. The molecule has 2 aromatic heterocycles. The molecule has 2 heterocycles. The van der Waals surface area contributed by atoms with Crippen molar-refractivity contribution in [2.45, 2.75) is 47.7 Å². The minimum Gasteiger partial charge on any atom is -0.308 e. The average molecular weight is 839 g/mol. The van der Waals surface area contributed by atoms with Crippen molar-refractivity contribution >= 4 is 43.6 Å². The van der Waals surface area contributed by atoms with Gasteiger partial charge in [0.25, 0.3) is 0 Å². The second-order valence-corrected chi connectivity index (χ2v) is 17.1. The molecule has 0 aliphatic carbocycles. The number of benzene rings is 8. The number of halogens is 3. The number of hydrogen-bond donors (Lipinski definition) is 0. The maximum atomic E-state index is 15.2. The van der Waals surface area contributed by atoms with Crippen LogP contribution < -0.4 is 0 Å². The molecule has 0 bridgehead atoms. The van der Waals surface area contributed by atoms with Gasteiger partial charge in [0, 0.05) is 21.5 Å². The maximum Gasteiger partial charge on any atom is 0.417 e. The van der Waals surface area contributed by atoms with Crippen molar-refractivity contribution in [2.24, 2.45) is 0 Å². The first-order chi connectivity index (χ1) is 30.7. The lowest BCUT2D eigenvalue weighted by molar-refractivity contribution is -0.137. The van der Waals surface area contributed by atoms with Gasteiger partial charge in [-0.3, -0.25) is 0 Å². The summed E-state index contributed by atoms with van der Waals surface area (Å²) in [5.74, 6) is 0. The molecule has 0 saturated carbocycles. The van der Waals surface area contributed by atoms with E-state index in [1.54, 1.807) is 12.1 Å². The Kier molecular flexibility index (Phi) is 9.36. The average Bonchev–Trinajstić information content (AvgIpc) is 3.76. The van der Waals surface area contributed by atoms with Gasteiger partial charge in [0.1, 0.15) is 11.6 Å². The molecule has 10 rings (SSSR count). The van der Waals surface area contributed by atoms with Crippen LogP contribution in [0.25, 0.3) is 88.4 Å². The zero-order valence-electron chi connectivity index (χ0n) is 36.2. The number of aryl methyl sites for hydroxylation is 6. The molecule has 0 spiro atoms. The van der Waals surface area contributed by atoms with E-state index in [9.17, 15) is 10.5 Å². The van der Waals surface area contributed by atoms with Gasteiger partial charge in [0.15, 0.2) is 0 Å². The fraction of sp³-hybridized carbons (Fsp3) is 0.123. The summed E-state index contributed by atoms with van der Waals surface area (Å²) in [7, 11) is 0. The molecular formula is C57H41F3N4. The zero-order valence-corrected chi connectivity index (χ0v) is 36.2. The molecule has 0 radical (unpaired) electrons. The predicted octanol–water partition coefficient (Wildman–Crippen LogP) is 15.5. The molecule has 0 amide bonds. The van der Waals surface area contributed by atoms with Crippen molar-refractivity contribution in [1.29, 1.82) is 10.5 Å². The minimum absolute atomic E-state index is 0.0987. The lowest BCUT2D eigenvalue weighted by Gasteiger charge is -2.20. The molecule has 0 aliphatic heterocycles. The Morgan fingerprint density at radius 1 is 0.438 bits per heavy atom. The number of nitriles is 2. The van der Waals surface area contributed by atoms with E-state index in [-0.39, 0.29) is 22.3 Å². The Morgan fingerprint density at radius 3 is 1.30 bits per heavy atom. The molecule has 4 nitrogen and oxygen atoms in total. The molecule has 0 fully saturated rings. The number of aromatic nitrogens is 2. The largest absolute Gasteiger partial charge is 0.417 e. The summed E-state index contributed by atoms with van der Waals surface area (Å²) >= 11 is 0. The Hall–Kier alpha value is -7.87. The van der Waals surface area contributed by atoms with Gasteiger partial charge in [-0.1, -0.05) is 102 Å². The third-order valence-corrected chi connectivity index (χ3v) is 12.7. The van der Waals surface area contributed by atoms with Crippen molar-refractivity contribution in [2.75, 3.05) is 0 Å². The summed E-state index contributed by atoms with van der Waals surface area (Å²) < 4.78 is 49.7. The van der Waals surface area contributed by atoms with Crippen LogP contribution in [0, 0.1) is 64.2 Å². The van der Waals surface area contributed by atoms with Crippen molar-refractivity contribution in [3.8, 4) is 56.9 Å². The van der Waals surface area contributed by atoms with E-state index in [1.165, 1.54) is 23.3 Å². The molecule has 0 N–H and O–H groups in total. The van der Waals surface area contributed by atoms with Crippen LogP contribution in [0.5, 0.6) is 0 Å². The molecule has 7 heteroatoms. The van der Waals surface area contributed by atoms with Gasteiger partial charge in [0.2, 0.25) is 0 Å². The summed E-state index contributed by atoms with van der Waals surface area (Å²) in [4.78, 5) is 0. The third-order valence-electron chi connectivity index (χ3n) is 12.7. The quantitative estimate of drug-likeness (QED) is 0.173. The Labute approximate surface area is 369 Å². The monoisotopic (exact) mass is 838 g/mol. The fourth-order valence-electron chi connectivity index (χ4n) is 10.4. The summed E-state index contributed by atoms with van der Waals surface area (Å²) in [6.45, 7) is 12.6. The topological polar surface area (TPSA) is 57.4 Å². The highest BCUT2D eigenvalue weighted by atomic mass is 19.4. The normalized spacial score (nSPS) is 11.8. The molecule has 64 heavy (non-hydrogen) atoms. The standard InChI is InChI=1S/C57H41F3N4/c1-32-21-34(3)55(35(4)22-32)39-16-19-45-43-11-7-9-13-49(43)63(51(45)26-39)53-28-41(42-18-15-38(30-61)25-48(42)57(58,59)60)29-54(47(53)31-62)64-50-14-10-8-12-44(50)46-20-17-40(27-52(46)64)56-36(5)23-33(2)24-37(56)6/h7-29H,1-6H3. The van der Waals surface area contributed by atoms with Crippen LogP contribution in [-0.2, 0) is 6.18 Å². The summed E-state index contributed by atoms with van der Waals surface area (Å²) in [6, 6.07) is 48.9. The zero-order chi connectivity index (χ0) is 44.8. The Bertz CT molecular complexity index is 3450. The van der Waals surface area contributed by atoms with Crippen molar-refractivity contribution < 1.29 is 13.2 Å². The van der Waals surface area contributed by atoms with Crippen LogP contribution in [0.1, 0.15) is 50.1 Å². The van der Waals surface area contributed by atoms with E-state index in [1.807, 2.05) is 63.7 Å². The molecule has 0 unspecified atom stereocenters. The fourth-order valence-corrected chi connectivity index (χ4v) is 10.4. The molecule has 8 aromatic carbocycles. The third kappa shape index (κ3) is 6.35. The molecule has 10 aromatic rings. The highest BCUT2D eigenvalue weighted by Crippen LogP contribution is 2.45. The van der Waals surface area contributed by atoms with Gasteiger partial charge in [-0.15, -0.1) is 0 Å². The number of para-hydroxylation sites is 2. The highest BCUT2D eigenvalue weighted by molar-refractivity contribution is 6.12. The molecular weight excluding hydrogens is 798 g/mol. The summed E-state index contributed by atoms with van der Waals surface area (Å²) in [6.07, 6.45) is -4.78. The van der Waals surface area contributed by atoms with Gasteiger partial charge in [-0.05, 0) is 146 Å². The summed E-state index contributed by atoms with van der Waals surface area (Å²) in [5.41, 5.74) is 14.5. The van der Waals surface area contributed by atoms with Gasteiger partial charge in [-0.25, -0.2) is 0 Å². The van der Waals surface area contributed by atoms with Gasteiger partial charge in [-0.2, -0.15) is 23.7 Å². The molecule has 0 saturated heterocycles. The van der Waals surface area contributed by atoms with Crippen LogP contribution in [0.3, 0.4) is 0 Å². The smallest absolute Gasteiger partial charge is 0.308 e. The van der Waals surface area contributed by atoms with Crippen LogP contribution in [0.2, 0.25) is 0 Å². The van der Waals surface area contributed by atoms with Gasteiger partial charge in [0.05, 0.1) is 50.6 Å². The number of hydrogen-bond acceptors (Lipinski definition) is 2. The van der Waals surface area contributed by atoms with Crippen molar-refractivity contribution in [3.63, 3.8) is 0 Å². The number of alkyl halides is 3. The molecule has 0 atom stereocenters. The second kappa shape index (κ2) is 14.9. The maximum absolute atomic E-state index is 15.2. The lowest BCUT2D eigenvalue weighted by Crippen LogP contribution is -2.09. The molecule has 0 aliphatic rings. The number of nitrogens with zero attached hydrogens (tertiary/aromatic N) is 4. The SMILES string of the molecule is Cc1cc(C)c(-c2ccc3c4ccccc4n(-c4cc(-c5ccc(C#N)cc5C(F)(F)F)cc(-n5c6ccccc6c6ccc(-c7c(C)cc(C)cc7C)cc65)c4C#N)c3c2)c(C)c1. The van der Waals surface area contributed by atoms with Crippen LogP contribution in [0.4, 0.5) is 13.2 Å². The van der Waals surface area contributed by atoms with E-state index in [4.69, 9.17) is 0 Å². The van der Waals surface area contributed by atoms with E-state index in [0.29, 0.717) is 11.4 Å². The first-order valence-electron chi connectivity index (χ1n) is 21.2. The minimum atomic E-state index is -4.78. The molecule has 310 valence electrons. The van der Waals surface area contributed by atoms with E-state index < -0.39 is 11.7 Å². The van der Waals surface area contributed by atoms with Crippen LogP contribution >= 0.6 is 0 Å².